The van der Waals surface area contributed by atoms with Gasteiger partial charge in [-0.15, -0.1) is 0 Å². The molecule has 1 amide bonds. The number of anilines is 2. The van der Waals surface area contributed by atoms with Crippen molar-refractivity contribution in [1.82, 2.24) is 15.5 Å². The van der Waals surface area contributed by atoms with Gasteiger partial charge in [0.2, 0.25) is 0 Å². The summed E-state index contributed by atoms with van der Waals surface area (Å²) in [6.07, 6.45) is 3.51. The number of nitrogens with one attached hydrogen (secondary N) is 3. The number of benzene rings is 1. The van der Waals surface area contributed by atoms with Crippen LogP contribution in [0.25, 0.3) is 0 Å². The molecule has 1 aromatic carbocycles. The van der Waals surface area contributed by atoms with Gasteiger partial charge >= 0.3 is 0 Å². The minimum absolute atomic E-state index is 0.148. The first-order valence-corrected chi connectivity index (χ1v) is 5.54. The number of rotatable bonds is 4. The predicted octanol–water partition coefficient (Wildman–Crippen LogP) is 0.964. The van der Waals surface area contributed by atoms with Gasteiger partial charge in [-0.2, -0.15) is 5.10 Å². The summed E-state index contributed by atoms with van der Waals surface area (Å²) in [6.45, 7) is 0.573. The highest BCUT2D eigenvalue weighted by atomic mass is 16.1. The third-order valence-electron chi connectivity index (χ3n) is 2.55. The molecular weight excluding hydrogens is 230 g/mol. The van der Waals surface area contributed by atoms with Crippen LogP contribution in [0.5, 0.6) is 0 Å². The lowest BCUT2D eigenvalue weighted by Crippen LogP contribution is -2.19. The quantitative estimate of drug-likeness (QED) is 0.603. The number of nitrogens with zero attached hydrogens (tertiary/aromatic N) is 1. The van der Waals surface area contributed by atoms with Crippen molar-refractivity contribution in [2.24, 2.45) is 0 Å². The molecule has 0 spiro atoms. The van der Waals surface area contributed by atoms with Gasteiger partial charge in [0.1, 0.15) is 0 Å². The number of aromatic amines is 1. The van der Waals surface area contributed by atoms with Gasteiger partial charge in [0.15, 0.2) is 0 Å². The summed E-state index contributed by atoms with van der Waals surface area (Å²) < 4.78 is 0. The Hall–Kier alpha value is -2.50. The zero-order valence-electron chi connectivity index (χ0n) is 10.0. The largest absolute Gasteiger partial charge is 0.399 e. The lowest BCUT2D eigenvalue weighted by molar-refractivity contribution is 0.0964. The topological polar surface area (TPSA) is 95.8 Å². The fourth-order valence-corrected chi connectivity index (χ4v) is 1.61. The third-order valence-corrected chi connectivity index (χ3v) is 2.55. The number of aromatic nitrogens is 2. The first kappa shape index (κ1) is 12.0. The number of nitrogen functional groups attached to an aromatic ring is 1. The van der Waals surface area contributed by atoms with Crippen LogP contribution < -0.4 is 16.4 Å². The van der Waals surface area contributed by atoms with Gasteiger partial charge in [0.25, 0.3) is 5.91 Å². The zero-order chi connectivity index (χ0) is 13.0. The van der Waals surface area contributed by atoms with Gasteiger partial charge in [0.05, 0.1) is 11.8 Å². The SMILES string of the molecule is CNC(=O)c1ccc(N)cc1NCc1cn[nH]c1. The smallest absolute Gasteiger partial charge is 0.253 e. The highest BCUT2D eigenvalue weighted by Crippen LogP contribution is 2.20. The lowest BCUT2D eigenvalue weighted by atomic mass is 10.1. The Labute approximate surface area is 105 Å². The molecule has 0 atom stereocenters. The minimum Gasteiger partial charge on any atom is -0.399 e. The summed E-state index contributed by atoms with van der Waals surface area (Å²) >= 11 is 0. The van der Waals surface area contributed by atoms with E-state index >= 15 is 0 Å². The standard InChI is InChI=1S/C12H15N5O/c1-14-12(18)10-3-2-9(13)4-11(10)15-5-8-6-16-17-7-8/h2-4,6-7,15H,5,13H2,1H3,(H,14,18)(H,16,17). The van der Waals surface area contributed by atoms with Crippen LogP contribution in [0.4, 0.5) is 11.4 Å². The summed E-state index contributed by atoms with van der Waals surface area (Å²) in [5.74, 6) is -0.148. The van der Waals surface area contributed by atoms with E-state index in [1.54, 1.807) is 37.6 Å². The van der Waals surface area contributed by atoms with Crippen LogP contribution >= 0.6 is 0 Å². The Bertz CT molecular complexity index is 535. The highest BCUT2D eigenvalue weighted by Gasteiger charge is 2.10. The van der Waals surface area contributed by atoms with Gasteiger partial charge in [-0.1, -0.05) is 0 Å². The third kappa shape index (κ3) is 2.60. The number of hydrogen-bond acceptors (Lipinski definition) is 4. The molecule has 18 heavy (non-hydrogen) atoms. The molecule has 6 heteroatoms. The van der Waals surface area contributed by atoms with E-state index in [1.807, 2.05) is 0 Å². The van der Waals surface area contributed by atoms with Gasteiger partial charge in [-0.3, -0.25) is 9.89 Å². The lowest BCUT2D eigenvalue weighted by Gasteiger charge is -2.11. The van der Waals surface area contributed by atoms with E-state index in [0.29, 0.717) is 23.5 Å². The molecule has 0 fully saturated rings. The molecule has 0 saturated carbocycles. The van der Waals surface area contributed by atoms with Crippen LogP contribution in [0.3, 0.4) is 0 Å². The van der Waals surface area contributed by atoms with Crippen molar-refractivity contribution in [3.8, 4) is 0 Å². The van der Waals surface area contributed by atoms with Gasteiger partial charge < -0.3 is 16.4 Å². The van der Waals surface area contributed by atoms with Crippen molar-refractivity contribution in [3.63, 3.8) is 0 Å². The number of H-pyrrole nitrogens is 1. The van der Waals surface area contributed by atoms with Crippen molar-refractivity contribution in [2.45, 2.75) is 6.54 Å². The van der Waals surface area contributed by atoms with Gasteiger partial charge in [-0.05, 0) is 18.2 Å². The molecule has 6 nitrogen and oxygen atoms in total. The van der Waals surface area contributed by atoms with E-state index in [0.717, 1.165) is 5.56 Å². The Morgan fingerprint density at radius 3 is 3.00 bits per heavy atom. The van der Waals surface area contributed by atoms with Crippen molar-refractivity contribution in [1.29, 1.82) is 0 Å². The van der Waals surface area contributed by atoms with Crippen LogP contribution in [0.2, 0.25) is 0 Å². The molecule has 0 aliphatic heterocycles. The maximum Gasteiger partial charge on any atom is 0.253 e. The molecular formula is C12H15N5O. The summed E-state index contributed by atoms with van der Waals surface area (Å²) in [6, 6.07) is 5.14. The maximum absolute atomic E-state index is 11.7. The number of hydrogen-bond donors (Lipinski definition) is 4. The number of carbonyl (C=O) groups is 1. The molecule has 94 valence electrons. The monoisotopic (exact) mass is 245 g/mol. The second-order valence-corrected chi connectivity index (χ2v) is 3.84. The predicted molar refractivity (Wildman–Crippen MR) is 70.2 cm³/mol. The maximum atomic E-state index is 11.7. The van der Waals surface area contributed by atoms with E-state index in [2.05, 4.69) is 20.8 Å². The fraction of sp³-hybridized carbons (Fsp3) is 0.167. The van der Waals surface area contributed by atoms with Crippen LogP contribution in [-0.2, 0) is 6.54 Å². The molecule has 0 aliphatic carbocycles. The molecule has 1 aromatic heterocycles. The zero-order valence-corrected chi connectivity index (χ0v) is 10.0. The number of amides is 1. The molecule has 2 aromatic rings. The Kier molecular flexibility index (Phi) is 3.47. The minimum atomic E-state index is -0.148. The Morgan fingerprint density at radius 1 is 1.50 bits per heavy atom. The number of carbonyl (C=O) groups excluding carboxylic acids is 1. The van der Waals surface area contributed by atoms with Crippen LogP contribution in [0.1, 0.15) is 15.9 Å². The van der Waals surface area contributed by atoms with Gasteiger partial charge in [0, 0.05) is 36.7 Å². The Balaban J connectivity index is 2.19. The van der Waals surface area contributed by atoms with Crippen LogP contribution in [0, 0.1) is 0 Å². The molecule has 1 heterocycles. The molecule has 0 aliphatic rings. The van der Waals surface area contributed by atoms with Crippen molar-refractivity contribution < 1.29 is 4.79 Å². The second kappa shape index (κ2) is 5.22. The molecule has 0 saturated heterocycles. The highest BCUT2D eigenvalue weighted by molar-refractivity contribution is 6.00. The molecule has 2 rings (SSSR count). The fourth-order valence-electron chi connectivity index (χ4n) is 1.61. The van der Waals surface area contributed by atoms with Crippen LogP contribution in [-0.4, -0.2) is 23.2 Å². The average molecular weight is 245 g/mol. The summed E-state index contributed by atoms with van der Waals surface area (Å²) in [4.78, 5) is 11.7. The van der Waals surface area contributed by atoms with E-state index in [1.165, 1.54) is 0 Å². The normalized spacial score (nSPS) is 10.1. The van der Waals surface area contributed by atoms with E-state index < -0.39 is 0 Å². The molecule has 0 bridgehead atoms. The van der Waals surface area contributed by atoms with Crippen molar-refractivity contribution in [3.05, 3.63) is 41.7 Å². The van der Waals surface area contributed by atoms with Crippen molar-refractivity contribution >= 4 is 17.3 Å². The van der Waals surface area contributed by atoms with Gasteiger partial charge in [-0.25, -0.2) is 0 Å². The first-order valence-electron chi connectivity index (χ1n) is 5.54. The Morgan fingerprint density at radius 2 is 2.33 bits per heavy atom. The molecule has 0 radical (unpaired) electrons. The first-order chi connectivity index (χ1) is 8.70. The average Bonchev–Trinajstić information content (AvgIpc) is 2.88. The van der Waals surface area contributed by atoms with Crippen LogP contribution in [0.15, 0.2) is 30.6 Å². The van der Waals surface area contributed by atoms with E-state index in [9.17, 15) is 4.79 Å². The van der Waals surface area contributed by atoms with Crippen molar-refractivity contribution in [2.75, 3.05) is 18.1 Å². The molecule has 5 N–H and O–H groups in total. The summed E-state index contributed by atoms with van der Waals surface area (Å²) in [5.41, 5.74) is 8.61. The second-order valence-electron chi connectivity index (χ2n) is 3.84. The molecule has 0 unspecified atom stereocenters. The van der Waals surface area contributed by atoms with E-state index in [4.69, 9.17) is 5.73 Å². The summed E-state index contributed by atoms with van der Waals surface area (Å²) in [5, 5.41) is 12.4. The number of nitrogens with two attached hydrogens (primary N) is 1. The summed E-state index contributed by atoms with van der Waals surface area (Å²) in [7, 11) is 1.60. The van der Waals surface area contributed by atoms with E-state index in [-0.39, 0.29) is 5.91 Å².